The minimum atomic E-state index is -1.11. The quantitative estimate of drug-likeness (QED) is 0.293. The molecule has 0 atom stereocenters. The van der Waals surface area contributed by atoms with Crippen molar-refractivity contribution in [2.75, 3.05) is 11.5 Å². The molecule has 4 rings (SSSR count). The molecule has 2 amide bonds. The first-order valence-electron chi connectivity index (χ1n) is 10.1. The van der Waals surface area contributed by atoms with E-state index < -0.39 is 17.8 Å². The zero-order chi connectivity index (χ0) is 24.4. The van der Waals surface area contributed by atoms with Crippen LogP contribution in [0, 0.1) is 0 Å². The van der Waals surface area contributed by atoms with Crippen molar-refractivity contribution < 1.29 is 28.6 Å². The van der Waals surface area contributed by atoms with E-state index in [0.717, 1.165) is 0 Å². The first kappa shape index (κ1) is 23.2. The van der Waals surface area contributed by atoms with Gasteiger partial charge in [0.05, 0.1) is 22.9 Å². The van der Waals surface area contributed by atoms with Crippen LogP contribution in [0.5, 0.6) is 5.75 Å². The van der Waals surface area contributed by atoms with E-state index in [1.54, 1.807) is 36.4 Å². The van der Waals surface area contributed by atoms with Crippen LogP contribution < -0.4 is 15.0 Å². The molecular formula is C24H17ClN2O6S. The number of carbonyl (C=O) groups is 3. The molecule has 1 fully saturated rings. The number of carboxylic acid groups (broad SMARTS) is 1. The van der Waals surface area contributed by atoms with Crippen molar-refractivity contribution in [2.45, 2.75) is 6.92 Å². The molecule has 10 heteroatoms. The summed E-state index contributed by atoms with van der Waals surface area (Å²) in [6, 6.07) is 14.1. The third-order valence-corrected chi connectivity index (χ3v) is 5.49. The first-order valence-corrected chi connectivity index (χ1v) is 10.8. The molecule has 1 aliphatic heterocycles. The Morgan fingerprint density at radius 3 is 2.74 bits per heavy atom. The number of nitrogens with one attached hydrogen (secondary N) is 1. The summed E-state index contributed by atoms with van der Waals surface area (Å²) >= 11 is 11.4. The zero-order valence-electron chi connectivity index (χ0n) is 17.7. The fourth-order valence-electron chi connectivity index (χ4n) is 3.34. The van der Waals surface area contributed by atoms with E-state index in [1.807, 2.05) is 6.92 Å². The van der Waals surface area contributed by atoms with Gasteiger partial charge in [-0.1, -0.05) is 17.7 Å². The van der Waals surface area contributed by atoms with Gasteiger partial charge in [0.15, 0.2) is 5.11 Å². The number of rotatable bonds is 6. The first-order chi connectivity index (χ1) is 16.3. The summed E-state index contributed by atoms with van der Waals surface area (Å²) < 4.78 is 11.2. The average Bonchev–Trinajstić information content (AvgIpc) is 3.25. The van der Waals surface area contributed by atoms with Crippen LogP contribution in [0.1, 0.15) is 23.0 Å². The van der Waals surface area contributed by atoms with Crippen molar-refractivity contribution >= 4 is 58.5 Å². The maximum absolute atomic E-state index is 13.2. The second-order valence-electron chi connectivity index (χ2n) is 7.09. The lowest BCUT2D eigenvalue weighted by Crippen LogP contribution is -2.54. The summed E-state index contributed by atoms with van der Waals surface area (Å²) in [5, 5.41) is 12.0. The Bertz CT molecular complexity index is 1360. The highest BCUT2D eigenvalue weighted by atomic mass is 35.5. The van der Waals surface area contributed by atoms with Gasteiger partial charge in [0.25, 0.3) is 11.8 Å². The number of furan rings is 1. The second-order valence-corrected chi connectivity index (χ2v) is 7.88. The third-order valence-electron chi connectivity index (χ3n) is 4.88. The van der Waals surface area contributed by atoms with Crippen LogP contribution in [-0.2, 0) is 9.59 Å². The van der Waals surface area contributed by atoms with Crippen LogP contribution in [0.4, 0.5) is 5.69 Å². The maximum Gasteiger partial charge on any atom is 0.335 e. The van der Waals surface area contributed by atoms with E-state index in [4.69, 9.17) is 33.0 Å². The Kier molecular flexibility index (Phi) is 6.49. The highest BCUT2D eigenvalue weighted by Crippen LogP contribution is 2.32. The molecule has 3 aromatic rings. The van der Waals surface area contributed by atoms with E-state index in [0.29, 0.717) is 23.6 Å². The second kappa shape index (κ2) is 9.50. The van der Waals surface area contributed by atoms with Crippen LogP contribution >= 0.6 is 23.8 Å². The van der Waals surface area contributed by atoms with Crippen LogP contribution in [0.2, 0.25) is 5.02 Å². The number of ether oxygens (including phenoxy) is 1. The van der Waals surface area contributed by atoms with Crippen LogP contribution in [0.15, 0.2) is 64.6 Å². The molecule has 2 heterocycles. The Morgan fingerprint density at radius 2 is 2.00 bits per heavy atom. The summed E-state index contributed by atoms with van der Waals surface area (Å²) in [6.07, 6.45) is 1.29. The predicted molar refractivity (Wildman–Crippen MR) is 130 cm³/mol. The fraction of sp³-hybridized carbons (Fsp3) is 0.0833. The molecule has 0 radical (unpaired) electrons. The van der Waals surface area contributed by atoms with E-state index in [-0.39, 0.29) is 32.8 Å². The molecule has 0 bridgehead atoms. The molecule has 0 saturated carbocycles. The van der Waals surface area contributed by atoms with Gasteiger partial charge in [-0.15, -0.1) is 0 Å². The number of benzene rings is 2. The highest BCUT2D eigenvalue weighted by Gasteiger charge is 2.35. The number of nitrogens with zero attached hydrogens (tertiary/aromatic N) is 1. The molecule has 1 saturated heterocycles. The minimum Gasteiger partial charge on any atom is -0.494 e. The van der Waals surface area contributed by atoms with Gasteiger partial charge in [-0.25, -0.2) is 4.79 Å². The van der Waals surface area contributed by atoms with Gasteiger partial charge in [0.1, 0.15) is 22.8 Å². The Balaban J connectivity index is 1.68. The normalized spacial score (nSPS) is 14.9. The number of carbonyl (C=O) groups excluding carboxylic acids is 2. The minimum absolute atomic E-state index is 0.0379. The van der Waals surface area contributed by atoms with Crippen molar-refractivity contribution in [2.24, 2.45) is 0 Å². The van der Waals surface area contributed by atoms with Crippen LogP contribution in [0.25, 0.3) is 17.4 Å². The van der Waals surface area contributed by atoms with Gasteiger partial charge in [-0.2, -0.15) is 0 Å². The number of aromatic carboxylic acids is 1. The number of anilines is 1. The van der Waals surface area contributed by atoms with Gasteiger partial charge >= 0.3 is 5.97 Å². The lowest BCUT2D eigenvalue weighted by Gasteiger charge is -2.29. The molecule has 1 aromatic heterocycles. The summed E-state index contributed by atoms with van der Waals surface area (Å²) in [5.41, 5.74) is 0.642. The van der Waals surface area contributed by atoms with E-state index in [9.17, 15) is 19.5 Å². The zero-order valence-corrected chi connectivity index (χ0v) is 19.3. The standard InChI is InChI=1S/C24H17ClN2O6S/c1-2-32-15-5-3-4-14(11-15)27-22(29)18(21(28)26-24(27)34)12-16-7-9-20(33-16)17-10-13(23(30)31)6-8-19(17)25/h3-12H,2H2,1H3,(H,30,31)(H,26,28,34). The smallest absolute Gasteiger partial charge is 0.335 e. The van der Waals surface area contributed by atoms with Crippen molar-refractivity contribution in [1.82, 2.24) is 5.32 Å². The Morgan fingerprint density at radius 1 is 1.21 bits per heavy atom. The number of hydrogen-bond donors (Lipinski definition) is 2. The van der Waals surface area contributed by atoms with Crippen LogP contribution in [-0.4, -0.2) is 34.6 Å². The molecule has 8 nitrogen and oxygen atoms in total. The molecule has 34 heavy (non-hydrogen) atoms. The summed E-state index contributed by atoms with van der Waals surface area (Å²) in [5.74, 6) is -1.39. The van der Waals surface area contributed by atoms with Gasteiger partial charge in [0.2, 0.25) is 0 Å². The molecule has 2 aromatic carbocycles. The third kappa shape index (κ3) is 4.57. The topological polar surface area (TPSA) is 109 Å². The summed E-state index contributed by atoms with van der Waals surface area (Å²) in [4.78, 5) is 38.2. The molecule has 2 N–H and O–H groups in total. The highest BCUT2D eigenvalue weighted by molar-refractivity contribution is 7.80. The molecular weight excluding hydrogens is 480 g/mol. The molecule has 0 spiro atoms. The van der Waals surface area contributed by atoms with E-state index >= 15 is 0 Å². The SMILES string of the molecule is CCOc1cccc(N2C(=O)C(=Cc3ccc(-c4cc(C(=O)O)ccc4Cl)o3)C(=O)NC2=S)c1. The Labute approximate surface area is 204 Å². The number of carboxylic acids is 1. The molecule has 0 aliphatic carbocycles. The van der Waals surface area contributed by atoms with E-state index in [1.165, 1.54) is 29.2 Å². The van der Waals surface area contributed by atoms with Crippen LogP contribution in [0.3, 0.4) is 0 Å². The van der Waals surface area contributed by atoms with Crippen molar-refractivity contribution in [1.29, 1.82) is 0 Å². The fourth-order valence-corrected chi connectivity index (χ4v) is 3.83. The molecule has 172 valence electrons. The van der Waals surface area contributed by atoms with Crippen molar-refractivity contribution in [3.05, 3.63) is 76.5 Å². The van der Waals surface area contributed by atoms with Gasteiger partial charge in [-0.05, 0) is 67.7 Å². The number of hydrogen-bond acceptors (Lipinski definition) is 6. The van der Waals surface area contributed by atoms with Gasteiger partial charge < -0.3 is 14.3 Å². The average molecular weight is 497 g/mol. The predicted octanol–water partition coefficient (Wildman–Crippen LogP) is 4.53. The largest absolute Gasteiger partial charge is 0.494 e. The maximum atomic E-state index is 13.2. The number of amides is 2. The number of thiocarbonyl (C=S) groups is 1. The van der Waals surface area contributed by atoms with Crippen molar-refractivity contribution in [3.63, 3.8) is 0 Å². The summed E-state index contributed by atoms with van der Waals surface area (Å²) in [7, 11) is 0. The Hall–Kier alpha value is -3.95. The van der Waals surface area contributed by atoms with Crippen molar-refractivity contribution in [3.8, 4) is 17.1 Å². The lowest BCUT2D eigenvalue weighted by molar-refractivity contribution is -0.122. The number of halogens is 1. The lowest BCUT2D eigenvalue weighted by atomic mass is 10.1. The summed E-state index contributed by atoms with van der Waals surface area (Å²) in [6.45, 7) is 2.29. The van der Waals surface area contributed by atoms with E-state index in [2.05, 4.69) is 5.32 Å². The van der Waals surface area contributed by atoms with Gasteiger partial charge in [-0.3, -0.25) is 19.8 Å². The molecule has 1 aliphatic rings. The monoisotopic (exact) mass is 496 g/mol. The van der Waals surface area contributed by atoms with Gasteiger partial charge in [0, 0.05) is 11.6 Å². The molecule has 0 unspecified atom stereocenters.